The first kappa shape index (κ1) is 8.33. The molecule has 0 aliphatic carbocycles. The van der Waals surface area contributed by atoms with Gasteiger partial charge in [0.25, 0.3) is 0 Å². The van der Waals surface area contributed by atoms with E-state index in [2.05, 4.69) is 18.1 Å². The van der Waals surface area contributed by atoms with Gasteiger partial charge in [0.15, 0.2) is 0 Å². The Balaban J connectivity index is 3.30. The molecule has 0 atom stereocenters. The fraction of sp³-hybridized carbons (Fsp3) is 0. The molecule has 0 bridgehead atoms. The lowest BCUT2D eigenvalue weighted by molar-refractivity contribution is 0.510. The minimum absolute atomic E-state index is 0.0998. The van der Waals surface area contributed by atoms with Crippen LogP contribution in [0.2, 0.25) is 0 Å². The second-order valence-electron chi connectivity index (χ2n) is 2.32. The minimum Gasteiger partial charge on any atom is -0.506 e. The molecule has 1 aromatic heterocycles. The average molecular weight is 162 g/mol. The summed E-state index contributed by atoms with van der Waals surface area (Å²) in [6.45, 7) is 6.94. The average Bonchev–Trinajstić information content (AvgIpc) is 2.04. The molecule has 3 heteroatoms. The fourth-order valence-electron chi connectivity index (χ4n) is 0.881. The lowest BCUT2D eigenvalue weighted by Gasteiger charge is -2.03. The van der Waals surface area contributed by atoms with E-state index in [4.69, 9.17) is 10.8 Å². The van der Waals surface area contributed by atoms with Gasteiger partial charge in [-0.05, 0) is 12.1 Å². The van der Waals surface area contributed by atoms with Gasteiger partial charge in [-0.1, -0.05) is 19.2 Å². The number of pyridine rings is 1. The maximum absolute atomic E-state index is 9.10. The van der Waals surface area contributed by atoms with E-state index in [0.29, 0.717) is 11.5 Å². The fourth-order valence-corrected chi connectivity index (χ4v) is 0.881. The number of hydrogen-bond acceptors (Lipinski definition) is 3. The molecule has 1 aromatic rings. The Labute approximate surface area is 70.9 Å². The lowest BCUT2D eigenvalue weighted by Crippen LogP contribution is -1.96. The van der Waals surface area contributed by atoms with Crippen LogP contribution in [0.4, 0.5) is 5.82 Å². The molecule has 3 nitrogen and oxygen atoms in total. The van der Waals surface area contributed by atoms with E-state index in [-0.39, 0.29) is 5.76 Å². The monoisotopic (exact) mass is 162 g/mol. The first-order valence-corrected chi connectivity index (χ1v) is 3.42. The number of nitrogens with two attached hydrogens (primary N) is 1. The maximum Gasteiger partial charge on any atom is 0.134 e. The van der Waals surface area contributed by atoms with Gasteiger partial charge in [0, 0.05) is 5.56 Å². The Bertz CT molecular complexity index is 331. The van der Waals surface area contributed by atoms with Crippen molar-refractivity contribution in [2.45, 2.75) is 0 Å². The molecular weight excluding hydrogens is 152 g/mol. The summed E-state index contributed by atoms with van der Waals surface area (Å²) < 4.78 is 0. The van der Waals surface area contributed by atoms with Gasteiger partial charge in [-0.2, -0.15) is 0 Å². The molecule has 0 radical (unpaired) electrons. The van der Waals surface area contributed by atoms with Gasteiger partial charge in [0.2, 0.25) is 0 Å². The van der Waals surface area contributed by atoms with Crippen molar-refractivity contribution in [3.8, 4) is 0 Å². The highest BCUT2D eigenvalue weighted by molar-refractivity contribution is 5.66. The molecular formula is C9H10N2O. The van der Waals surface area contributed by atoms with Gasteiger partial charge in [-0.15, -0.1) is 0 Å². The van der Waals surface area contributed by atoms with E-state index in [9.17, 15) is 0 Å². The van der Waals surface area contributed by atoms with E-state index < -0.39 is 0 Å². The number of rotatable bonds is 2. The van der Waals surface area contributed by atoms with Crippen molar-refractivity contribution in [2.24, 2.45) is 0 Å². The Morgan fingerprint density at radius 1 is 1.58 bits per heavy atom. The summed E-state index contributed by atoms with van der Waals surface area (Å²) in [5.41, 5.74) is 6.52. The zero-order chi connectivity index (χ0) is 9.14. The molecule has 0 spiro atoms. The molecule has 0 saturated carbocycles. The SMILES string of the molecule is C=Cc1ccc(N)nc1C(=C)O. The predicted molar refractivity (Wildman–Crippen MR) is 50.4 cm³/mol. The Morgan fingerprint density at radius 3 is 2.75 bits per heavy atom. The normalized spacial score (nSPS) is 9.33. The smallest absolute Gasteiger partial charge is 0.134 e. The van der Waals surface area contributed by atoms with Crippen molar-refractivity contribution in [3.63, 3.8) is 0 Å². The zero-order valence-electron chi connectivity index (χ0n) is 6.62. The quantitative estimate of drug-likeness (QED) is 0.652. The van der Waals surface area contributed by atoms with Crippen molar-refractivity contribution in [1.29, 1.82) is 0 Å². The molecule has 0 unspecified atom stereocenters. The summed E-state index contributed by atoms with van der Waals surface area (Å²) in [5, 5.41) is 9.10. The summed E-state index contributed by atoms with van der Waals surface area (Å²) >= 11 is 0. The first-order valence-electron chi connectivity index (χ1n) is 3.42. The van der Waals surface area contributed by atoms with Crippen molar-refractivity contribution in [2.75, 3.05) is 5.73 Å². The van der Waals surface area contributed by atoms with Crippen molar-refractivity contribution >= 4 is 17.7 Å². The number of aliphatic hydroxyl groups excluding tert-OH is 1. The third-order valence-corrected chi connectivity index (χ3v) is 1.44. The Kier molecular flexibility index (Phi) is 2.14. The van der Waals surface area contributed by atoms with Crippen molar-refractivity contribution in [3.05, 3.63) is 36.5 Å². The van der Waals surface area contributed by atoms with Crippen LogP contribution in [0, 0.1) is 0 Å². The summed E-state index contributed by atoms with van der Waals surface area (Å²) in [4.78, 5) is 3.90. The van der Waals surface area contributed by atoms with E-state index in [1.807, 2.05) is 0 Å². The second-order valence-corrected chi connectivity index (χ2v) is 2.32. The standard InChI is InChI=1S/C9H10N2O/c1-3-7-4-5-8(10)11-9(7)6(2)12/h3-5,12H,1-2H2,(H2,10,11). The third-order valence-electron chi connectivity index (χ3n) is 1.44. The van der Waals surface area contributed by atoms with Crippen molar-refractivity contribution in [1.82, 2.24) is 4.98 Å². The number of nitrogen functional groups attached to an aromatic ring is 1. The van der Waals surface area contributed by atoms with E-state index in [0.717, 1.165) is 5.56 Å². The molecule has 0 aromatic carbocycles. The lowest BCUT2D eigenvalue weighted by atomic mass is 10.1. The van der Waals surface area contributed by atoms with Gasteiger partial charge in [0.1, 0.15) is 17.3 Å². The van der Waals surface area contributed by atoms with Crippen LogP contribution in [0.1, 0.15) is 11.3 Å². The molecule has 0 aliphatic heterocycles. The highest BCUT2D eigenvalue weighted by Gasteiger charge is 2.03. The highest BCUT2D eigenvalue weighted by atomic mass is 16.3. The van der Waals surface area contributed by atoms with Crippen LogP contribution in [0.5, 0.6) is 0 Å². The van der Waals surface area contributed by atoms with Gasteiger partial charge < -0.3 is 10.8 Å². The molecule has 0 fully saturated rings. The summed E-state index contributed by atoms with van der Waals surface area (Å²) in [7, 11) is 0. The van der Waals surface area contributed by atoms with Crippen LogP contribution < -0.4 is 5.73 Å². The van der Waals surface area contributed by atoms with Crippen LogP contribution in [-0.2, 0) is 0 Å². The van der Waals surface area contributed by atoms with Gasteiger partial charge >= 0.3 is 0 Å². The minimum atomic E-state index is -0.0998. The Morgan fingerprint density at radius 2 is 2.25 bits per heavy atom. The number of anilines is 1. The topological polar surface area (TPSA) is 59.1 Å². The number of aromatic nitrogens is 1. The molecule has 0 aliphatic rings. The third kappa shape index (κ3) is 1.45. The van der Waals surface area contributed by atoms with Crippen LogP contribution in [0.25, 0.3) is 11.8 Å². The van der Waals surface area contributed by atoms with E-state index in [1.54, 1.807) is 18.2 Å². The highest BCUT2D eigenvalue weighted by Crippen LogP contribution is 2.15. The molecule has 3 N–H and O–H groups in total. The van der Waals surface area contributed by atoms with Gasteiger partial charge in [0.05, 0.1) is 0 Å². The van der Waals surface area contributed by atoms with Crippen LogP contribution >= 0.6 is 0 Å². The molecule has 0 saturated heterocycles. The number of nitrogens with zero attached hydrogens (tertiary/aromatic N) is 1. The zero-order valence-corrected chi connectivity index (χ0v) is 6.62. The maximum atomic E-state index is 9.10. The molecule has 12 heavy (non-hydrogen) atoms. The van der Waals surface area contributed by atoms with Crippen molar-refractivity contribution < 1.29 is 5.11 Å². The van der Waals surface area contributed by atoms with Crippen LogP contribution in [0.15, 0.2) is 25.3 Å². The Hall–Kier alpha value is -1.77. The van der Waals surface area contributed by atoms with E-state index in [1.165, 1.54) is 0 Å². The van der Waals surface area contributed by atoms with Gasteiger partial charge in [-0.3, -0.25) is 0 Å². The molecule has 62 valence electrons. The summed E-state index contributed by atoms with van der Waals surface area (Å²) in [6.07, 6.45) is 1.59. The van der Waals surface area contributed by atoms with E-state index >= 15 is 0 Å². The largest absolute Gasteiger partial charge is 0.506 e. The predicted octanol–water partition coefficient (Wildman–Crippen LogP) is 1.84. The number of aliphatic hydroxyl groups is 1. The first-order chi connectivity index (χ1) is 5.65. The molecule has 0 amide bonds. The van der Waals surface area contributed by atoms with Crippen LogP contribution in [0.3, 0.4) is 0 Å². The number of hydrogen-bond donors (Lipinski definition) is 2. The molecule has 1 rings (SSSR count). The molecule has 1 heterocycles. The van der Waals surface area contributed by atoms with Gasteiger partial charge in [-0.25, -0.2) is 4.98 Å². The van der Waals surface area contributed by atoms with Crippen LogP contribution in [-0.4, -0.2) is 10.1 Å². The summed E-state index contributed by atoms with van der Waals surface area (Å²) in [6, 6.07) is 3.37. The second kappa shape index (κ2) is 3.09. The summed E-state index contributed by atoms with van der Waals surface area (Å²) in [5.74, 6) is 0.253.